The van der Waals surface area contributed by atoms with Crippen LogP contribution in [0.15, 0.2) is 48.2 Å². The predicted molar refractivity (Wildman–Crippen MR) is 131 cm³/mol. The van der Waals surface area contributed by atoms with E-state index in [0.29, 0.717) is 30.4 Å². The zero-order valence-electron chi connectivity index (χ0n) is 19.4. The third-order valence-electron chi connectivity index (χ3n) is 6.51. The lowest BCUT2D eigenvalue weighted by Crippen LogP contribution is -2.52. The van der Waals surface area contributed by atoms with Gasteiger partial charge < -0.3 is 24.6 Å². The van der Waals surface area contributed by atoms with Crippen molar-refractivity contribution in [2.45, 2.75) is 6.92 Å². The molecule has 0 saturated carbocycles. The molecule has 0 aliphatic carbocycles. The van der Waals surface area contributed by atoms with Crippen molar-refractivity contribution in [3.63, 3.8) is 0 Å². The van der Waals surface area contributed by atoms with Gasteiger partial charge in [-0.2, -0.15) is 0 Å². The monoisotopic (exact) mass is 497 g/mol. The Morgan fingerprint density at radius 1 is 1.29 bits per heavy atom. The zero-order valence-corrected chi connectivity index (χ0v) is 20.2. The highest BCUT2D eigenvalue weighted by Gasteiger charge is 2.34. The fourth-order valence-electron chi connectivity index (χ4n) is 4.40. The highest BCUT2D eigenvalue weighted by atomic mass is 35.5. The van der Waals surface area contributed by atoms with Gasteiger partial charge in [0, 0.05) is 60.5 Å². The second-order valence-electron chi connectivity index (χ2n) is 8.97. The quantitative estimate of drug-likeness (QED) is 0.670. The van der Waals surface area contributed by atoms with Crippen LogP contribution in [0.5, 0.6) is 11.5 Å². The third-order valence-corrected chi connectivity index (χ3v) is 6.74. The zero-order chi connectivity index (χ0) is 24.7. The molecule has 3 aliphatic heterocycles. The molecule has 0 atom stereocenters. The fraction of sp³-hybridized carbons (Fsp3) is 0.308. The molecule has 0 spiro atoms. The number of fused-ring (bicyclic) bond motifs is 1. The average molecular weight is 498 g/mol. The Bertz CT molecular complexity index is 1270. The maximum absolute atomic E-state index is 14.5. The number of amides is 2. The van der Waals surface area contributed by atoms with Gasteiger partial charge >= 0.3 is 0 Å². The average Bonchev–Trinajstić information content (AvgIpc) is 2.80. The van der Waals surface area contributed by atoms with Crippen molar-refractivity contribution in [1.82, 2.24) is 9.80 Å². The fourth-order valence-corrected chi connectivity index (χ4v) is 4.57. The van der Waals surface area contributed by atoms with Gasteiger partial charge in [0.05, 0.1) is 17.9 Å². The molecule has 9 heteroatoms. The molecule has 2 aromatic carbocycles. The van der Waals surface area contributed by atoms with Crippen molar-refractivity contribution < 1.29 is 23.5 Å². The van der Waals surface area contributed by atoms with Crippen LogP contribution in [-0.4, -0.2) is 61.5 Å². The summed E-state index contributed by atoms with van der Waals surface area (Å²) in [7, 11) is 2.04. The van der Waals surface area contributed by atoms with Crippen LogP contribution in [0.3, 0.4) is 0 Å². The van der Waals surface area contributed by atoms with E-state index in [1.807, 2.05) is 19.2 Å². The molecule has 182 valence electrons. The lowest BCUT2D eigenvalue weighted by Gasteiger charge is -2.39. The number of likely N-dealkylation sites (tertiary alicyclic amines) is 1. The summed E-state index contributed by atoms with van der Waals surface area (Å²) in [6, 6.07) is 8.03. The van der Waals surface area contributed by atoms with E-state index in [1.165, 1.54) is 6.07 Å². The number of hydrogen-bond donors (Lipinski definition) is 1. The number of benzene rings is 2. The molecule has 0 bridgehead atoms. The number of likely N-dealkylation sites (N-methyl/N-ethyl adjacent to an activating group) is 1. The SMILES string of the molecule is CC1=C(c2cc(Cl)ccc2OCC2CN(C(=O)c3cc4c(cc3F)OCC(=O)N4)C2)C=CCN1C. The van der Waals surface area contributed by atoms with Crippen LogP contribution >= 0.6 is 11.6 Å². The summed E-state index contributed by atoms with van der Waals surface area (Å²) < 4.78 is 25.9. The van der Waals surface area contributed by atoms with E-state index in [9.17, 15) is 14.0 Å². The summed E-state index contributed by atoms with van der Waals surface area (Å²) in [5, 5.41) is 3.23. The third kappa shape index (κ3) is 4.58. The van der Waals surface area contributed by atoms with Crippen LogP contribution in [0.2, 0.25) is 5.02 Å². The van der Waals surface area contributed by atoms with Crippen LogP contribution in [0.1, 0.15) is 22.8 Å². The first-order valence-corrected chi connectivity index (χ1v) is 11.7. The topological polar surface area (TPSA) is 71.1 Å². The second kappa shape index (κ2) is 9.26. The molecule has 7 nitrogen and oxygen atoms in total. The van der Waals surface area contributed by atoms with Crippen LogP contribution in [0.25, 0.3) is 5.57 Å². The minimum Gasteiger partial charge on any atom is -0.493 e. The number of anilines is 1. The Morgan fingerprint density at radius 3 is 2.89 bits per heavy atom. The van der Waals surface area contributed by atoms with Gasteiger partial charge in [0.1, 0.15) is 17.3 Å². The Hall–Kier alpha value is -3.52. The largest absolute Gasteiger partial charge is 0.493 e. The maximum Gasteiger partial charge on any atom is 0.262 e. The predicted octanol–water partition coefficient (Wildman–Crippen LogP) is 4.19. The van der Waals surface area contributed by atoms with Gasteiger partial charge in [-0.1, -0.05) is 23.8 Å². The first kappa shape index (κ1) is 23.2. The number of carbonyl (C=O) groups excluding carboxylic acids is 2. The molecule has 3 heterocycles. The van der Waals surface area contributed by atoms with Crippen LogP contribution in [0, 0.1) is 11.7 Å². The molecule has 0 aromatic heterocycles. The Labute approximate surface area is 207 Å². The molecular weight excluding hydrogens is 473 g/mol. The van der Waals surface area contributed by atoms with Gasteiger partial charge in [-0.25, -0.2) is 4.39 Å². The van der Waals surface area contributed by atoms with Gasteiger partial charge in [0.2, 0.25) is 0 Å². The highest BCUT2D eigenvalue weighted by Crippen LogP contribution is 2.35. The summed E-state index contributed by atoms with van der Waals surface area (Å²) in [5.41, 5.74) is 3.32. The van der Waals surface area contributed by atoms with Gasteiger partial charge in [-0.05, 0) is 31.2 Å². The van der Waals surface area contributed by atoms with E-state index >= 15 is 0 Å². The van der Waals surface area contributed by atoms with Crippen LogP contribution < -0.4 is 14.8 Å². The van der Waals surface area contributed by atoms with Gasteiger partial charge in [-0.15, -0.1) is 0 Å². The normalized spacial score (nSPS) is 17.5. The van der Waals surface area contributed by atoms with E-state index in [-0.39, 0.29) is 29.7 Å². The molecule has 2 aromatic rings. The van der Waals surface area contributed by atoms with Crippen LogP contribution in [-0.2, 0) is 4.79 Å². The Kier molecular flexibility index (Phi) is 6.15. The molecule has 1 N–H and O–H groups in total. The highest BCUT2D eigenvalue weighted by molar-refractivity contribution is 6.30. The number of ether oxygens (including phenoxy) is 2. The molecule has 0 radical (unpaired) electrons. The standard InChI is InChI=1S/C26H25ClFN3O4/c1-15-18(4-3-7-30(15)2)19-8-17(27)5-6-23(19)34-13-16-11-31(12-16)26(33)20-9-22-24(10-21(20)28)35-14-25(32)29-22/h3-6,8-10,16H,7,11-14H2,1-2H3,(H,29,32). The van der Waals surface area contributed by atoms with Crippen molar-refractivity contribution in [3.05, 3.63) is 70.1 Å². The minimum atomic E-state index is -0.676. The number of nitrogens with one attached hydrogen (secondary N) is 1. The van der Waals surface area contributed by atoms with E-state index in [4.69, 9.17) is 21.1 Å². The summed E-state index contributed by atoms with van der Waals surface area (Å²) in [4.78, 5) is 28.1. The Balaban J connectivity index is 1.24. The first-order chi connectivity index (χ1) is 16.8. The molecular formula is C26H25ClFN3O4. The smallest absolute Gasteiger partial charge is 0.262 e. The van der Waals surface area contributed by atoms with E-state index < -0.39 is 11.7 Å². The molecule has 5 rings (SSSR count). The lowest BCUT2D eigenvalue weighted by molar-refractivity contribution is -0.118. The molecule has 0 unspecified atom stereocenters. The maximum atomic E-state index is 14.5. The summed E-state index contributed by atoms with van der Waals surface area (Å²) in [6.07, 6.45) is 4.18. The summed E-state index contributed by atoms with van der Waals surface area (Å²) in [5.74, 6) is -0.381. The summed E-state index contributed by atoms with van der Waals surface area (Å²) in [6.45, 7) is 4.06. The number of rotatable bonds is 5. The van der Waals surface area contributed by atoms with Gasteiger partial charge in [-0.3, -0.25) is 9.59 Å². The molecule has 1 saturated heterocycles. The number of nitrogens with zero attached hydrogens (tertiary/aromatic N) is 2. The van der Waals surface area contributed by atoms with Gasteiger partial charge in [0.25, 0.3) is 11.8 Å². The second-order valence-corrected chi connectivity index (χ2v) is 9.41. The Morgan fingerprint density at radius 2 is 2.09 bits per heavy atom. The van der Waals surface area contributed by atoms with E-state index in [2.05, 4.69) is 29.3 Å². The molecule has 1 fully saturated rings. The number of allylic oxidation sites excluding steroid dienone is 3. The van der Waals surface area contributed by atoms with Crippen molar-refractivity contribution >= 4 is 34.7 Å². The molecule has 2 amide bonds. The van der Waals surface area contributed by atoms with Gasteiger partial charge in [0.15, 0.2) is 6.61 Å². The molecule has 35 heavy (non-hydrogen) atoms. The van der Waals surface area contributed by atoms with Crippen molar-refractivity contribution in [2.75, 3.05) is 45.2 Å². The van der Waals surface area contributed by atoms with Crippen molar-refractivity contribution in [1.29, 1.82) is 0 Å². The molecule has 3 aliphatic rings. The summed E-state index contributed by atoms with van der Waals surface area (Å²) >= 11 is 6.28. The van der Waals surface area contributed by atoms with E-state index in [0.717, 1.165) is 35.2 Å². The number of carbonyl (C=O) groups is 2. The first-order valence-electron chi connectivity index (χ1n) is 11.4. The number of halogens is 2. The number of hydrogen-bond acceptors (Lipinski definition) is 5. The van der Waals surface area contributed by atoms with Crippen LogP contribution in [0.4, 0.5) is 10.1 Å². The lowest BCUT2D eigenvalue weighted by atomic mass is 9.98. The van der Waals surface area contributed by atoms with E-state index in [1.54, 1.807) is 11.0 Å². The van der Waals surface area contributed by atoms with Crippen molar-refractivity contribution in [3.8, 4) is 11.5 Å². The minimum absolute atomic E-state index is 0.0930. The van der Waals surface area contributed by atoms with Crippen molar-refractivity contribution in [2.24, 2.45) is 5.92 Å².